The molecule has 0 aliphatic carbocycles. The van der Waals surface area contributed by atoms with Gasteiger partial charge in [0.1, 0.15) is 5.69 Å². The van der Waals surface area contributed by atoms with Gasteiger partial charge >= 0.3 is 6.03 Å². The van der Waals surface area contributed by atoms with Gasteiger partial charge < -0.3 is 9.64 Å². The summed E-state index contributed by atoms with van der Waals surface area (Å²) in [5, 5.41) is 0. The lowest BCUT2D eigenvalue weighted by Gasteiger charge is -2.49. The fourth-order valence-electron chi connectivity index (χ4n) is 3.92. The number of carbonyl (C=O) groups is 2. The lowest BCUT2D eigenvalue weighted by Crippen LogP contribution is -2.65. The van der Waals surface area contributed by atoms with E-state index in [1.165, 1.54) is 11.9 Å². The minimum absolute atomic E-state index is 0.0519. The Kier molecular flexibility index (Phi) is 5.27. The van der Waals surface area contributed by atoms with Gasteiger partial charge in [-0.2, -0.15) is 0 Å². The van der Waals surface area contributed by atoms with Crippen molar-refractivity contribution in [2.45, 2.75) is 24.8 Å². The van der Waals surface area contributed by atoms with Crippen molar-refractivity contribution in [2.75, 3.05) is 25.2 Å². The van der Waals surface area contributed by atoms with Gasteiger partial charge in [-0.15, -0.1) is 0 Å². The van der Waals surface area contributed by atoms with Gasteiger partial charge in [0.05, 0.1) is 18.6 Å². The highest BCUT2D eigenvalue weighted by Gasteiger charge is 2.50. The molecule has 2 aliphatic heterocycles. The Balaban J connectivity index is 1.65. The quantitative estimate of drug-likeness (QED) is 0.674. The molecule has 2 heterocycles. The van der Waals surface area contributed by atoms with Gasteiger partial charge in [0.2, 0.25) is 5.91 Å². The zero-order valence-electron chi connectivity index (χ0n) is 16.5. The number of urea groups is 1. The van der Waals surface area contributed by atoms with E-state index < -0.39 is 34.8 Å². The molecule has 0 bridgehead atoms. The van der Waals surface area contributed by atoms with Crippen LogP contribution < -0.4 is 4.90 Å². The summed E-state index contributed by atoms with van der Waals surface area (Å²) in [7, 11) is 1.53. The molecule has 2 fully saturated rings. The van der Waals surface area contributed by atoms with E-state index in [1.807, 2.05) is 18.2 Å². The first-order chi connectivity index (χ1) is 14.4. The molecule has 2 aliphatic rings. The summed E-state index contributed by atoms with van der Waals surface area (Å²) in [6.07, 6.45) is 1.26. The second-order valence-electron chi connectivity index (χ2n) is 7.53. The highest BCUT2D eigenvalue weighted by Crippen LogP contribution is 2.37. The van der Waals surface area contributed by atoms with Gasteiger partial charge in [0.15, 0.2) is 11.6 Å². The highest BCUT2D eigenvalue weighted by molar-refractivity contribution is 6.16. The van der Waals surface area contributed by atoms with Crippen LogP contribution in [0.1, 0.15) is 30.4 Å². The summed E-state index contributed by atoms with van der Waals surface area (Å²) in [4.78, 5) is 27.7. The molecule has 5 nitrogen and oxygen atoms in total. The van der Waals surface area contributed by atoms with Gasteiger partial charge in [0.25, 0.3) is 0 Å². The largest absolute Gasteiger partial charge is 0.379 e. The second kappa shape index (κ2) is 7.88. The molecule has 2 saturated heterocycles. The van der Waals surface area contributed by atoms with Crippen molar-refractivity contribution in [3.05, 3.63) is 65.2 Å². The lowest BCUT2D eigenvalue weighted by atomic mass is 9.85. The van der Waals surface area contributed by atoms with Crippen LogP contribution in [0.2, 0.25) is 0 Å². The Morgan fingerprint density at radius 2 is 1.70 bits per heavy atom. The topological polar surface area (TPSA) is 49.9 Å². The third-order valence-corrected chi connectivity index (χ3v) is 5.59. The van der Waals surface area contributed by atoms with E-state index in [2.05, 4.69) is 11.8 Å². The molecule has 0 N–H and O–H groups in total. The number of imide groups is 1. The van der Waals surface area contributed by atoms with Gasteiger partial charge in [-0.25, -0.2) is 18.5 Å². The van der Waals surface area contributed by atoms with Crippen LogP contribution in [0, 0.1) is 23.5 Å². The van der Waals surface area contributed by atoms with Crippen molar-refractivity contribution in [2.24, 2.45) is 0 Å². The van der Waals surface area contributed by atoms with Crippen LogP contribution in [0.25, 0.3) is 0 Å². The van der Waals surface area contributed by atoms with Crippen LogP contribution in [0.5, 0.6) is 0 Å². The molecule has 0 radical (unpaired) electrons. The summed E-state index contributed by atoms with van der Waals surface area (Å²) in [5.74, 6) is 2.85. The predicted molar refractivity (Wildman–Crippen MR) is 107 cm³/mol. The van der Waals surface area contributed by atoms with Gasteiger partial charge in [-0.05, 0) is 37.1 Å². The molecule has 154 valence electrons. The molecule has 2 aromatic carbocycles. The lowest BCUT2D eigenvalue weighted by molar-refractivity contribution is -0.126. The van der Waals surface area contributed by atoms with Crippen molar-refractivity contribution in [3.63, 3.8) is 0 Å². The number of likely N-dealkylation sites (N-methyl/N-ethyl adjacent to an activating group) is 1. The maximum atomic E-state index is 14.8. The molecule has 0 aromatic heterocycles. The second-order valence-corrected chi connectivity index (χ2v) is 7.53. The SMILES string of the molecule is CN1C(=O)N(c2c(F)cc(C#Cc3ccccc3)cc2F)C(=O)CC12CCCOC2. The van der Waals surface area contributed by atoms with E-state index in [1.54, 1.807) is 12.1 Å². The Morgan fingerprint density at radius 1 is 1.03 bits per heavy atom. The van der Waals surface area contributed by atoms with Crippen molar-refractivity contribution >= 4 is 17.6 Å². The standard InChI is InChI=1S/C23H20F2N2O3/c1-26-22(29)27(20(28)14-23(26)10-5-11-30-15-23)21-18(24)12-17(13-19(21)25)9-8-16-6-3-2-4-7-16/h2-4,6-7,12-13H,5,10-11,14-15H2,1H3. The van der Waals surface area contributed by atoms with E-state index in [0.29, 0.717) is 29.9 Å². The molecule has 0 saturated carbocycles. The van der Waals surface area contributed by atoms with Crippen LogP contribution in [-0.4, -0.2) is 42.6 Å². The minimum Gasteiger partial charge on any atom is -0.379 e. The number of carbonyl (C=O) groups excluding carboxylic acids is 2. The molecular formula is C23H20F2N2O3. The number of anilines is 1. The number of rotatable bonds is 1. The Labute approximate surface area is 173 Å². The summed E-state index contributed by atoms with van der Waals surface area (Å²) in [5.41, 5.74) is -0.629. The Hall–Kier alpha value is -3.24. The summed E-state index contributed by atoms with van der Waals surface area (Å²) >= 11 is 0. The maximum absolute atomic E-state index is 14.8. The molecule has 30 heavy (non-hydrogen) atoms. The first-order valence-corrected chi connectivity index (χ1v) is 9.66. The summed E-state index contributed by atoms with van der Waals surface area (Å²) < 4.78 is 35.1. The van der Waals surface area contributed by atoms with Gasteiger partial charge in [-0.3, -0.25) is 4.79 Å². The van der Waals surface area contributed by atoms with E-state index in [-0.39, 0.29) is 18.6 Å². The fourth-order valence-corrected chi connectivity index (χ4v) is 3.92. The molecule has 3 amide bonds. The number of hydrogen-bond acceptors (Lipinski definition) is 3. The number of nitrogens with zero attached hydrogens (tertiary/aromatic N) is 2. The third-order valence-electron chi connectivity index (χ3n) is 5.59. The maximum Gasteiger partial charge on any atom is 0.331 e. The number of hydrogen-bond donors (Lipinski definition) is 0. The van der Waals surface area contributed by atoms with E-state index in [4.69, 9.17) is 4.74 Å². The number of amides is 3. The first-order valence-electron chi connectivity index (χ1n) is 9.66. The monoisotopic (exact) mass is 410 g/mol. The zero-order chi connectivity index (χ0) is 21.3. The molecular weight excluding hydrogens is 390 g/mol. The van der Waals surface area contributed by atoms with Gasteiger partial charge in [0, 0.05) is 24.8 Å². The average Bonchev–Trinajstić information content (AvgIpc) is 2.74. The zero-order valence-corrected chi connectivity index (χ0v) is 16.5. The van der Waals surface area contributed by atoms with Crippen LogP contribution in [0.3, 0.4) is 0 Å². The van der Waals surface area contributed by atoms with Crippen molar-refractivity contribution in [3.8, 4) is 11.8 Å². The molecule has 7 heteroatoms. The number of ether oxygens (including phenoxy) is 1. The Morgan fingerprint density at radius 3 is 2.33 bits per heavy atom. The molecule has 2 aromatic rings. The Bertz CT molecular complexity index is 1030. The summed E-state index contributed by atoms with van der Waals surface area (Å²) in [6.45, 7) is 0.796. The van der Waals surface area contributed by atoms with Crippen LogP contribution >= 0.6 is 0 Å². The van der Waals surface area contributed by atoms with Crippen LogP contribution in [0.15, 0.2) is 42.5 Å². The smallest absolute Gasteiger partial charge is 0.331 e. The average molecular weight is 410 g/mol. The fraction of sp³-hybridized carbons (Fsp3) is 0.304. The van der Waals surface area contributed by atoms with Crippen molar-refractivity contribution in [1.29, 1.82) is 0 Å². The number of benzene rings is 2. The van der Waals surface area contributed by atoms with E-state index in [0.717, 1.165) is 12.1 Å². The molecule has 1 spiro atoms. The predicted octanol–water partition coefficient (Wildman–Crippen LogP) is 3.70. The minimum atomic E-state index is -1.02. The van der Waals surface area contributed by atoms with E-state index >= 15 is 0 Å². The van der Waals surface area contributed by atoms with Crippen molar-refractivity contribution < 1.29 is 23.1 Å². The normalized spacial score (nSPS) is 21.6. The number of halogens is 2. The highest BCUT2D eigenvalue weighted by atomic mass is 19.1. The third kappa shape index (κ3) is 3.55. The molecule has 4 rings (SSSR count). The van der Waals surface area contributed by atoms with Gasteiger partial charge in [-0.1, -0.05) is 30.0 Å². The first kappa shape index (κ1) is 20.0. The molecule has 1 unspecified atom stereocenters. The molecule has 1 atom stereocenters. The van der Waals surface area contributed by atoms with Crippen molar-refractivity contribution in [1.82, 2.24) is 4.90 Å². The van der Waals surface area contributed by atoms with E-state index in [9.17, 15) is 18.4 Å². The van der Waals surface area contributed by atoms with Crippen LogP contribution in [-0.2, 0) is 9.53 Å². The summed E-state index contributed by atoms with van der Waals surface area (Å²) in [6, 6.07) is 10.3. The van der Waals surface area contributed by atoms with Crippen LogP contribution in [0.4, 0.5) is 19.3 Å².